The van der Waals surface area contributed by atoms with Crippen LogP contribution >= 0.6 is 0 Å². The molecule has 0 atom stereocenters. The van der Waals surface area contributed by atoms with Gasteiger partial charge in [-0.25, -0.2) is 0 Å². The number of piperazine rings is 1. The van der Waals surface area contributed by atoms with Crippen molar-refractivity contribution in [2.75, 3.05) is 53.0 Å². The van der Waals surface area contributed by atoms with Gasteiger partial charge < -0.3 is 24.0 Å². The number of hydrogen-bond acceptors (Lipinski definition) is 6. The Balaban J connectivity index is 1.64. The van der Waals surface area contributed by atoms with E-state index >= 15 is 0 Å². The monoisotopic (exact) mass is 757 g/mol. The number of carbonyl (C=O) groups is 1. The highest BCUT2D eigenvalue weighted by Gasteiger charge is 2.14. The van der Waals surface area contributed by atoms with Crippen LogP contribution in [-0.2, 0) is 16.1 Å². The zero-order chi connectivity index (χ0) is 38.6. The number of carbonyl (C=O) groups excluding carboxylic acids is 1. The van der Waals surface area contributed by atoms with Gasteiger partial charge in [0.05, 0.1) is 13.2 Å². The fourth-order valence-corrected chi connectivity index (χ4v) is 7.61. The van der Waals surface area contributed by atoms with Gasteiger partial charge in [0.15, 0.2) is 0 Å². The van der Waals surface area contributed by atoms with Crippen LogP contribution in [0.15, 0.2) is 18.2 Å². The van der Waals surface area contributed by atoms with Gasteiger partial charge in [-0.3, -0.25) is 4.79 Å². The number of unbranched alkanes of at least 4 members (excludes halogenated alkanes) is 26. The molecule has 1 heterocycles. The number of ether oxygens (including phenoxy) is 3. The van der Waals surface area contributed by atoms with Crippen molar-refractivity contribution in [2.45, 2.75) is 213 Å². The molecule has 1 saturated heterocycles. The maximum absolute atomic E-state index is 12.6. The van der Waals surface area contributed by atoms with Gasteiger partial charge in [-0.05, 0) is 50.6 Å². The Morgan fingerprint density at radius 3 is 1.26 bits per heavy atom. The second-order valence-electron chi connectivity index (χ2n) is 16.6. The molecule has 2 rings (SSSR count). The molecule has 0 unspecified atom stereocenters. The Bertz CT molecular complexity index is 979. The van der Waals surface area contributed by atoms with Crippen molar-refractivity contribution in [3.05, 3.63) is 23.8 Å². The number of benzene rings is 1. The van der Waals surface area contributed by atoms with Crippen LogP contribution < -0.4 is 9.47 Å². The second kappa shape index (κ2) is 35.6. The van der Waals surface area contributed by atoms with Crippen molar-refractivity contribution in [3.63, 3.8) is 0 Å². The first-order valence-corrected chi connectivity index (χ1v) is 23.6. The zero-order valence-corrected chi connectivity index (χ0v) is 36.1. The average molecular weight is 757 g/mol. The van der Waals surface area contributed by atoms with E-state index in [1.54, 1.807) is 0 Å². The Morgan fingerprint density at radius 2 is 0.870 bits per heavy atom. The van der Waals surface area contributed by atoms with Crippen molar-refractivity contribution in [2.24, 2.45) is 0 Å². The summed E-state index contributed by atoms with van der Waals surface area (Å²) >= 11 is 0. The van der Waals surface area contributed by atoms with E-state index in [1.807, 2.05) is 18.2 Å². The molecular formula is C48H88N2O4. The van der Waals surface area contributed by atoms with Gasteiger partial charge in [-0.2, -0.15) is 0 Å². The molecule has 0 aromatic heterocycles. The van der Waals surface area contributed by atoms with Crippen LogP contribution in [-0.4, -0.2) is 68.8 Å². The Hall–Kier alpha value is -1.79. The molecule has 0 N–H and O–H groups in total. The topological polar surface area (TPSA) is 51.2 Å². The van der Waals surface area contributed by atoms with Gasteiger partial charge >= 0.3 is 5.97 Å². The highest BCUT2D eigenvalue weighted by Crippen LogP contribution is 2.25. The predicted molar refractivity (Wildman–Crippen MR) is 231 cm³/mol. The molecule has 0 bridgehead atoms. The molecule has 1 aliphatic rings. The second-order valence-corrected chi connectivity index (χ2v) is 16.6. The Labute approximate surface area is 335 Å². The standard InChI is InChI=1S/C48H88N2O4/c1-4-6-8-10-12-14-16-18-19-21-23-25-27-29-31-40-53-47-42-45(44-54-48(51)33-32-34-50-37-35-49(3)36-38-50)41-46(43-47)52-39-30-28-26-24-22-20-17-15-13-11-9-7-5-2/h41-43H,4-40,44H2,1-3H3. The molecule has 0 spiro atoms. The molecule has 1 aromatic carbocycles. The number of rotatable bonds is 38. The first kappa shape index (κ1) is 48.4. The van der Waals surface area contributed by atoms with Crippen LogP contribution in [0, 0.1) is 0 Å². The van der Waals surface area contributed by atoms with Crippen LogP contribution in [0.1, 0.15) is 212 Å². The van der Waals surface area contributed by atoms with E-state index in [-0.39, 0.29) is 12.6 Å². The van der Waals surface area contributed by atoms with Crippen LogP contribution in [0.25, 0.3) is 0 Å². The number of hydrogen-bond donors (Lipinski definition) is 0. The van der Waals surface area contributed by atoms with Crippen molar-refractivity contribution >= 4 is 5.97 Å². The van der Waals surface area contributed by atoms with Crippen LogP contribution in [0.4, 0.5) is 0 Å². The molecule has 54 heavy (non-hydrogen) atoms. The summed E-state index contributed by atoms with van der Waals surface area (Å²) in [7, 11) is 2.17. The average Bonchev–Trinajstić information content (AvgIpc) is 3.18. The smallest absolute Gasteiger partial charge is 0.306 e. The molecule has 0 aliphatic carbocycles. The van der Waals surface area contributed by atoms with E-state index in [1.165, 1.54) is 167 Å². The molecule has 6 heteroatoms. The minimum atomic E-state index is -0.123. The van der Waals surface area contributed by atoms with E-state index in [9.17, 15) is 4.79 Å². The predicted octanol–water partition coefficient (Wildman–Crippen LogP) is 13.5. The van der Waals surface area contributed by atoms with Crippen LogP contribution in [0.2, 0.25) is 0 Å². The van der Waals surface area contributed by atoms with Gasteiger partial charge in [0, 0.05) is 38.7 Å². The zero-order valence-electron chi connectivity index (χ0n) is 36.1. The van der Waals surface area contributed by atoms with E-state index in [0.29, 0.717) is 19.6 Å². The summed E-state index contributed by atoms with van der Waals surface area (Å²) in [5, 5.41) is 0. The van der Waals surface area contributed by atoms with Gasteiger partial charge in [0.25, 0.3) is 0 Å². The third kappa shape index (κ3) is 28.6. The molecule has 0 amide bonds. The molecule has 314 valence electrons. The molecular weight excluding hydrogens is 669 g/mol. The lowest BCUT2D eigenvalue weighted by atomic mass is 10.0. The fourth-order valence-electron chi connectivity index (χ4n) is 7.61. The van der Waals surface area contributed by atoms with E-state index in [2.05, 4.69) is 30.7 Å². The summed E-state index contributed by atoms with van der Waals surface area (Å²) in [6.45, 7) is 11.6. The minimum absolute atomic E-state index is 0.123. The van der Waals surface area contributed by atoms with E-state index in [0.717, 1.165) is 69.0 Å². The molecule has 0 radical (unpaired) electrons. The lowest BCUT2D eigenvalue weighted by Crippen LogP contribution is -2.44. The first-order valence-electron chi connectivity index (χ1n) is 23.6. The summed E-state index contributed by atoms with van der Waals surface area (Å²) in [5.74, 6) is 1.52. The highest BCUT2D eigenvalue weighted by atomic mass is 16.5. The normalized spacial score (nSPS) is 13.8. The third-order valence-corrected chi connectivity index (χ3v) is 11.3. The summed E-state index contributed by atoms with van der Waals surface area (Å²) in [6, 6.07) is 6.08. The molecule has 6 nitrogen and oxygen atoms in total. The highest BCUT2D eigenvalue weighted by molar-refractivity contribution is 5.69. The van der Waals surface area contributed by atoms with Gasteiger partial charge in [-0.15, -0.1) is 0 Å². The molecule has 0 saturated carbocycles. The van der Waals surface area contributed by atoms with Gasteiger partial charge in [-0.1, -0.05) is 181 Å². The van der Waals surface area contributed by atoms with Crippen LogP contribution in [0.3, 0.4) is 0 Å². The summed E-state index contributed by atoms with van der Waals surface area (Å²) in [6.07, 6.45) is 39.2. The number of likely N-dealkylation sites (N-methyl/N-ethyl adjacent to an activating group) is 1. The third-order valence-electron chi connectivity index (χ3n) is 11.3. The maximum atomic E-state index is 12.6. The summed E-state index contributed by atoms with van der Waals surface area (Å²) in [5.41, 5.74) is 0.941. The van der Waals surface area contributed by atoms with Crippen molar-refractivity contribution in [1.29, 1.82) is 0 Å². The van der Waals surface area contributed by atoms with Gasteiger partial charge in [0.2, 0.25) is 0 Å². The molecule has 1 aliphatic heterocycles. The van der Waals surface area contributed by atoms with Crippen LogP contribution in [0.5, 0.6) is 11.5 Å². The number of esters is 1. The van der Waals surface area contributed by atoms with Crippen molar-refractivity contribution in [1.82, 2.24) is 9.80 Å². The quantitative estimate of drug-likeness (QED) is 0.0495. The Kier molecular flexibility index (Phi) is 31.9. The lowest BCUT2D eigenvalue weighted by Gasteiger charge is -2.32. The van der Waals surface area contributed by atoms with E-state index < -0.39 is 0 Å². The lowest BCUT2D eigenvalue weighted by molar-refractivity contribution is -0.145. The van der Waals surface area contributed by atoms with Crippen molar-refractivity contribution in [3.8, 4) is 11.5 Å². The minimum Gasteiger partial charge on any atom is -0.493 e. The van der Waals surface area contributed by atoms with E-state index in [4.69, 9.17) is 14.2 Å². The Morgan fingerprint density at radius 1 is 0.500 bits per heavy atom. The SMILES string of the molecule is CCCCCCCCCCCCCCCCCOc1cc(COC(=O)CCCN2CCN(C)CC2)cc(OCCCCCCCCCCCCCCC)c1. The maximum Gasteiger partial charge on any atom is 0.306 e. The van der Waals surface area contributed by atoms with Crippen molar-refractivity contribution < 1.29 is 19.0 Å². The summed E-state index contributed by atoms with van der Waals surface area (Å²) in [4.78, 5) is 17.4. The number of nitrogens with zero attached hydrogens (tertiary/aromatic N) is 2. The fraction of sp³-hybridized carbons (Fsp3) is 0.854. The first-order chi connectivity index (χ1) is 26.6. The molecule has 1 aromatic rings. The summed E-state index contributed by atoms with van der Waals surface area (Å²) < 4.78 is 18.2. The van der Waals surface area contributed by atoms with Gasteiger partial charge in [0.1, 0.15) is 18.1 Å². The molecule has 1 fully saturated rings. The largest absolute Gasteiger partial charge is 0.493 e.